The number of carbonyl (C=O) groups excluding carboxylic acids is 2. The third-order valence-corrected chi connectivity index (χ3v) is 3.18. The molecule has 1 aromatic heterocycles. The summed E-state index contributed by atoms with van der Waals surface area (Å²) in [4.78, 5) is 34.3. The highest BCUT2D eigenvalue weighted by molar-refractivity contribution is 6.04. The van der Waals surface area contributed by atoms with Gasteiger partial charge in [0.25, 0.3) is 11.5 Å². The van der Waals surface area contributed by atoms with Crippen LogP contribution in [0.5, 0.6) is 0 Å². The van der Waals surface area contributed by atoms with Gasteiger partial charge < -0.3 is 10.6 Å². The molecule has 7 heteroatoms. The molecule has 106 valence electrons. The predicted octanol–water partition coefficient (Wildman–Crippen LogP) is 0.907. The molecule has 1 aliphatic heterocycles. The number of nitrogens with zero attached hydrogens (tertiary/aromatic N) is 1. The summed E-state index contributed by atoms with van der Waals surface area (Å²) in [7, 11) is 0. The molecule has 0 radical (unpaired) electrons. The van der Waals surface area contributed by atoms with Crippen molar-refractivity contribution in [2.75, 3.05) is 10.6 Å². The van der Waals surface area contributed by atoms with Crippen molar-refractivity contribution in [3.8, 4) is 0 Å². The van der Waals surface area contributed by atoms with Crippen LogP contribution in [0.4, 0.5) is 11.5 Å². The lowest BCUT2D eigenvalue weighted by atomic mass is 10.00. The van der Waals surface area contributed by atoms with Crippen molar-refractivity contribution in [2.24, 2.45) is 0 Å². The maximum Gasteiger partial charge on any atom is 0.264 e. The summed E-state index contributed by atoms with van der Waals surface area (Å²) in [6.45, 7) is 0. The van der Waals surface area contributed by atoms with Gasteiger partial charge in [-0.2, -0.15) is 5.10 Å². The summed E-state index contributed by atoms with van der Waals surface area (Å²) >= 11 is 0. The first kappa shape index (κ1) is 13.0. The van der Waals surface area contributed by atoms with E-state index in [1.165, 1.54) is 12.1 Å². The van der Waals surface area contributed by atoms with Gasteiger partial charge in [0.15, 0.2) is 5.82 Å². The molecular weight excluding hydrogens is 272 g/mol. The molecule has 0 saturated heterocycles. The van der Waals surface area contributed by atoms with Crippen molar-refractivity contribution in [1.82, 2.24) is 10.2 Å². The predicted molar refractivity (Wildman–Crippen MR) is 76.2 cm³/mol. The Bertz CT molecular complexity index is 762. The van der Waals surface area contributed by atoms with Crippen LogP contribution in [0.2, 0.25) is 0 Å². The van der Waals surface area contributed by atoms with E-state index in [0.29, 0.717) is 18.4 Å². The van der Waals surface area contributed by atoms with Gasteiger partial charge in [0, 0.05) is 23.7 Å². The van der Waals surface area contributed by atoms with E-state index >= 15 is 0 Å². The minimum Gasteiger partial charge on any atom is -0.326 e. The first-order valence-electron chi connectivity index (χ1n) is 6.42. The minimum atomic E-state index is -0.336. The van der Waals surface area contributed by atoms with E-state index in [2.05, 4.69) is 20.8 Å². The Morgan fingerprint density at radius 2 is 2.00 bits per heavy atom. The van der Waals surface area contributed by atoms with Crippen molar-refractivity contribution in [3.63, 3.8) is 0 Å². The van der Waals surface area contributed by atoms with Crippen molar-refractivity contribution < 1.29 is 9.59 Å². The van der Waals surface area contributed by atoms with Gasteiger partial charge >= 0.3 is 0 Å². The number of benzene rings is 1. The zero-order valence-corrected chi connectivity index (χ0v) is 11.0. The number of fused-ring (bicyclic) bond motifs is 1. The Labute approximate surface area is 119 Å². The number of aromatic amines is 1. The van der Waals surface area contributed by atoms with E-state index in [1.807, 2.05) is 0 Å². The van der Waals surface area contributed by atoms with Gasteiger partial charge in [-0.05, 0) is 36.2 Å². The topological polar surface area (TPSA) is 104 Å². The number of aromatic nitrogens is 2. The average Bonchev–Trinajstić information content (AvgIpc) is 2.49. The Morgan fingerprint density at radius 3 is 2.76 bits per heavy atom. The van der Waals surface area contributed by atoms with E-state index in [9.17, 15) is 14.4 Å². The van der Waals surface area contributed by atoms with Gasteiger partial charge in [0.1, 0.15) is 0 Å². The van der Waals surface area contributed by atoms with Crippen molar-refractivity contribution >= 4 is 23.3 Å². The molecule has 0 bridgehead atoms. The molecule has 0 saturated carbocycles. The van der Waals surface area contributed by atoms with Crippen LogP contribution in [0.3, 0.4) is 0 Å². The van der Waals surface area contributed by atoms with Crippen LogP contribution in [-0.4, -0.2) is 22.0 Å². The van der Waals surface area contributed by atoms with Crippen LogP contribution >= 0.6 is 0 Å². The third-order valence-electron chi connectivity index (χ3n) is 3.18. The SMILES string of the molecule is O=C1CCc2cc(C(=O)Nc3ccc(=O)[nH]n3)ccc2N1. The molecule has 2 heterocycles. The zero-order valence-electron chi connectivity index (χ0n) is 11.0. The highest BCUT2D eigenvalue weighted by Crippen LogP contribution is 2.23. The van der Waals surface area contributed by atoms with Gasteiger partial charge in [-0.15, -0.1) is 0 Å². The molecular formula is C14H12N4O3. The second kappa shape index (κ2) is 5.20. The molecule has 1 aliphatic rings. The smallest absolute Gasteiger partial charge is 0.264 e. The number of amides is 2. The van der Waals surface area contributed by atoms with E-state index < -0.39 is 0 Å². The molecule has 0 spiro atoms. The first-order chi connectivity index (χ1) is 10.1. The maximum atomic E-state index is 12.1. The summed E-state index contributed by atoms with van der Waals surface area (Å²) < 4.78 is 0. The van der Waals surface area contributed by atoms with E-state index in [4.69, 9.17) is 0 Å². The van der Waals surface area contributed by atoms with Crippen molar-refractivity contribution in [1.29, 1.82) is 0 Å². The number of rotatable bonds is 2. The number of nitrogens with one attached hydrogen (secondary N) is 3. The second-order valence-electron chi connectivity index (χ2n) is 4.68. The zero-order chi connectivity index (χ0) is 14.8. The van der Waals surface area contributed by atoms with Gasteiger partial charge in [0.05, 0.1) is 0 Å². The van der Waals surface area contributed by atoms with Crippen LogP contribution in [0.25, 0.3) is 0 Å². The molecule has 0 atom stereocenters. The Kier molecular flexibility index (Phi) is 3.23. The van der Waals surface area contributed by atoms with Gasteiger partial charge in [0.2, 0.25) is 5.91 Å². The minimum absolute atomic E-state index is 0.0165. The number of aryl methyl sites for hydroxylation is 1. The monoisotopic (exact) mass is 284 g/mol. The maximum absolute atomic E-state index is 12.1. The van der Waals surface area contributed by atoms with Crippen LogP contribution in [-0.2, 0) is 11.2 Å². The Balaban J connectivity index is 1.80. The molecule has 0 fully saturated rings. The fourth-order valence-corrected chi connectivity index (χ4v) is 2.13. The van der Waals surface area contributed by atoms with E-state index in [1.54, 1.807) is 18.2 Å². The Morgan fingerprint density at radius 1 is 1.14 bits per heavy atom. The van der Waals surface area contributed by atoms with Crippen molar-refractivity contribution in [2.45, 2.75) is 12.8 Å². The van der Waals surface area contributed by atoms with Crippen LogP contribution in [0, 0.1) is 0 Å². The lowest BCUT2D eigenvalue weighted by Gasteiger charge is -2.17. The summed E-state index contributed by atoms with van der Waals surface area (Å²) in [5.41, 5.74) is 1.80. The Hall–Kier alpha value is -2.96. The quantitative estimate of drug-likeness (QED) is 0.762. The normalized spacial score (nSPS) is 13.2. The van der Waals surface area contributed by atoms with Gasteiger partial charge in [-0.1, -0.05) is 0 Å². The highest BCUT2D eigenvalue weighted by Gasteiger charge is 2.16. The second-order valence-corrected chi connectivity index (χ2v) is 4.68. The molecule has 1 aromatic carbocycles. The first-order valence-corrected chi connectivity index (χ1v) is 6.42. The molecule has 7 nitrogen and oxygen atoms in total. The van der Waals surface area contributed by atoms with Crippen molar-refractivity contribution in [3.05, 3.63) is 51.8 Å². The van der Waals surface area contributed by atoms with Gasteiger partial charge in [-0.3, -0.25) is 14.4 Å². The average molecular weight is 284 g/mol. The largest absolute Gasteiger partial charge is 0.326 e. The van der Waals surface area contributed by atoms with Crippen LogP contribution in [0.15, 0.2) is 35.1 Å². The fraction of sp³-hybridized carbons (Fsp3) is 0.143. The van der Waals surface area contributed by atoms with E-state index in [-0.39, 0.29) is 23.2 Å². The molecule has 0 aliphatic carbocycles. The molecule has 0 unspecified atom stereocenters. The fourth-order valence-electron chi connectivity index (χ4n) is 2.13. The summed E-state index contributed by atoms with van der Waals surface area (Å²) in [6, 6.07) is 7.79. The summed E-state index contributed by atoms with van der Waals surface area (Å²) in [5, 5.41) is 11.3. The lowest BCUT2D eigenvalue weighted by Crippen LogP contribution is -2.20. The lowest BCUT2D eigenvalue weighted by molar-refractivity contribution is -0.116. The highest BCUT2D eigenvalue weighted by atomic mass is 16.2. The van der Waals surface area contributed by atoms with Crippen LogP contribution in [0.1, 0.15) is 22.3 Å². The molecule has 3 N–H and O–H groups in total. The number of anilines is 2. The summed E-state index contributed by atoms with van der Waals surface area (Å²) in [6.07, 6.45) is 1.03. The molecule has 3 rings (SSSR count). The molecule has 21 heavy (non-hydrogen) atoms. The number of hydrogen-bond acceptors (Lipinski definition) is 4. The standard InChI is InChI=1S/C14H12N4O3/c19-12-5-2-8-7-9(1-3-10(8)15-12)14(21)16-11-4-6-13(20)18-17-11/h1,3-4,6-7H,2,5H2,(H,15,19)(H,18,20)(H,16,17,21). The molecule has 2 amide bonds. The van der Waals surface area contributed by atoms with Gasteiger partial charge in [-0.25, -0.2) is 5.10 Å². The number of hydrogen-bond donors (Lipinski definition) is 3. The number of carbonyl (C=O) groups is 2. The van der Waals surface area contributed by atoms with Crippen LogP contribution < -0.4 is 16.2 Å². The third kappa shape index (κ3) is 2.81. The molecule has 2 aromatic rings. The summed E-state index contributed by atoms with van der Waals surface area (Å²) in [5.74, 6) is -0.0722. The number of H-pyrrole nitrogens is 1. The van der Waals surface area contributed by atoms with E-state index in [0.717, 1.165) is 11.3 Å².